The van der Waals surface area contributed by atoms with Gasteiger partial charge in [0.1, 0.15) is 11.2 Å². The van der Waals surface area contributed by atoms with Crippen LogP contribution in [-0.2, 0) is 19.6 Å². The van der Waals surface area contributed by atoms with E-state index >= 15 is 0 Å². The van der Waals surface area contributed by atoms with Gasteiger partial charge in [-0.3, -0.25) is 0 Å². The van der Waals surface area contributed by atoms with E-state index in [2.05, 4.69) is 55.4 Å². The van der Waals surface area contributed by atoms with Gasteiger partial charge in [-0.1, -0.05) is 54.4 Å². The van der Waals surface area contributed by atoms with Crippen LogP contribution in [0.4, 0.5) is 0 Å². The quantitative estimate of drug-likeness (QED) is 0.208. The van der Waals surface area contributed by atoms with Crippen molar-refractivity contribution in [1.29, 1.82) is 0 Å². The van der Waals surface area contributed by atoms with Crippen LogP contribution in [0.1, 0.15) is 120 Å². The molecule has 156 valence electrons. The summed E-state index contributed by atoms with van der Waals surface area (Å²) in [7, 11) is 0. The van der Waals surface area contributed by atoms with Crippen molar-refractivity contribution < 1.29 is 19.6 Å². The maximum Gasteiger partial charge on any atom is 0.234 e. The van der Waals surface area contributed by atoms with Crippen LogP contribution in [0.3, 0.4) is 0 Å². The molecule has 0 bridgehead atoms. The standard InChI is InChI=1S/C22H44O4/c1-9-13-20(7,11-3)23-25-22(17-15-19(5,6)16-18-22)26-24-21(8,12-4)14-10-2/h9-18H2,1-8H3. The van der Waals surface area contributed by atoms with E-state index in [4.69, 9.17) is 19.6 Å². The van der Waals surface area contributed by atoms with Crippen LogP contribution in [0.5, 0.6) is 0 Å². The van der Waals surface area contributed by atoms with Gasteiger partial charge in [0.25, 0.3) is 0 Å². The van der Waals surface area contributed by atoms with Crippen LogP contribution in [0, 0.1) is 5.41 Å². The van der Waals surface area contributed by atoms with Crippen LogP contribution in [-0.4, -0.2) is 17.0 Å². The first kappa shape index (κ1) is 23.9. The van der Waals surface area contributed by atoms with Crippen LogP contribution in [0.15, 0.2) is 0 Å². The second kappa shape index (κ2) is 9.86. The molecule has 1 aliphatic carbocycles. The summed E-state index contributed by atoms with van der Waals surface area (Å²) >= 11 is 0. The summed E-state index contributed by atoms with van der Waals surface area (Å²) in [6, 6.07) is 0. The molecule has 0 N–H and O–H groups in total. The second-order valence-electron chi connectivity index (χ2n) is 9.52. The predicted molar refractivity (Wildman–Crippen MR) is 107 cm³/mol. The molecule has 1 aliphatic rings. The van der Waals surface area contributed by atoms with Gasteiger partial charge >= 0.3 is 0 Å². The molecule has 1 fully saturated rings. The third kappa shape index (κ3) is 7.10. The van der Waals surface area contributed by atoms with Crippen molar-refractivity contribution in [2.45, 2.75) is 137 Å². The van der Waals surface area contributed by atoms with Gasteiger partial charge in [-0.05, 0) is 57.8 Å². The van der Waals surface area contributed by atoms with E-state index in [1.165, 1.54) is 0 Å². The average molecular weight is 373 g/mol. The van der Waals surface area contributed by atoms with E-state index in [-0.39, 0.29) is 11.2 Å². The first-order chi connectivity index (χ1) is 12.1. The minimum Gasteiger partial charge on any atom is -0.227 e. The highest BCUT2D eigenvalue weighted by Gasteiger charge is 2.45. The molecule has 0 aliphatic heterocycles. The second-order valence-corrected chi connectivity index (χ2v) is 9.52. The summed E-state index contributed by atoms with van der Waals surface area (Å²) in [5.41, 5.74) is -0.254. The Morgan fingerprint density at radius 2 is 1.08 bits per heavy atom. The van der Waals surface area contributed by atoms with Crippen molar-refractivity contribution in [3.8, 4) is 0 Å². The number of hydrogen-bond donors (Lipinski definition) is 0. The normalized spacial score (nSPS) is 24.0. The fourth-order valence-electron chi connectivity index (χ4n) is 3.45. The molecular formula is C22H44O4. The van der Waals surface area contributed by atoms with E-state index in [1.807, 2.05) is 0 Å². The third-order valence-electron chi connectivity index (χ3n) is 6.21. The summed E-state index contributed by atoms with van der Waals surface area (Å²) in [4.78, 5) is 24.1. The van der Waals surface area contributed by atoms with Crippen LogP contribution >= 0.6 is 0 Å². The third-order valence-corrected chi connectivity index (χ3v) is 6.21. The van der Waals surface area contributed by atoms with Crippen molar-refractivity contribution in [3.05, 3.63) is 0 Å². The predicted octanol–water partition coefficient (Wildman–Crippen LogP) is 7.12. The van der Waals surface area contributed by atoms with Crippen molar-refractivity contribution in [1.82, 2.24) is 0 Å². The summed E-state index contributed by atoms with van der Waals surface area (Å²) < 4.78 is 0. The van der Waals surface area contributed by atoms with Gasteiger partial charge in [0.05, 0.1) is 0 Å². The van der Waals surface area contributed by atoms with E-state index in [0.29, 0.717) is 5.41 Å². The van der Waals surface area contributed by atoms with Crippen LogP contribution in [0.2, 0.25) is 0 Å². The van der Waals surface area contributed by atoms with Gasteiger partial charge < -0.3 is 0 Å². The SMILES string of the molecule is CCCC(C)(CC)OOC1(OOC(C)(CC)CCC)CCC(C)(C)CC1. The molecule has 0 radical (unpaired) electrons. The van der Waals surface area contributed by atoms with Gasteiger partial charge in [0.15, 0.2) is 0 Å². The number of hydrogen-bond acceptors (Lipinski definition) is 4. The lowest BCUT2D eigenvalue weighted by Crippen LogP contribution is -2.46. The molecule has 0 spiro atoms. The lowest BCUT2D eigenvalue weighted by atomic mass is 9.75. The highest BCUT2D eigenvalue weighted by atomic mass is 17.3. The van der Waals surface area contributed by atoms with Crippen molar-refractivity contribution in [3.63, 3.8) is 0 Å². The molecular weight excluding hydrogens is 328 g/mol. The molecule has 0 amide bonds. The summed E-state index contributed by atoms with van der Waals surface area (Å²) in [6.45, 7) is 17.5. The molecule has 0 heterocycles. The van der Waals surface area contributed by atoms with E-state index in [0.717, 1.165) is 64.2 Å². The Bertz CT molecular complexity index is 373. The highest BCUT2D eigenvalue weighted by Crippen LogP contribution is 2.44. The lowest BCUT2D eigenvalue weighted by Gasteiger charge is -2.43. The summed E-state index contributed by atoms with van der Waals surface area (Å²) in [5, 5.41) is 0. The molecule has 0 aromatic carbocycles. The zero-order valence-corrected chi connectivity index (χ0v) is 18.7. The zero-order valence-electron chi connectivity index (χ0n) is 18.7. The smallest absolute Gasteiger partial charge is 0.227 e. The van der Waals surface area contributed by atoms with Gasteiger partial charge in [0, 0.05) is 12.8 Å². The molecule has 2 unspecified atom stereocenters. The first-order valence-corrected chi connectivity index (χ1v) is 10.8. The van der Waals surface area contributed by atoms with E-state index in [1.54, 1.807) is 0 Å². The Kier molecular flexibility index (Phi) is 9.06. The molecule has 0 saturated heterocycles. The van der Waals surface area contributed by atoms with E-state index < -0.39 is 5.79 Å². The molecule has 26 heavy (non-hydrogen) atoms. The Morgan fingerprint density at radius 1 is 0.692 bits per heavy atom. The fourth-order valence-corrected chi connectivity index (χ4v) is 3.45. The van der Waals surface area contributed by atoms with Gasteiger partial charge in [-0.15, -0.1) is 0 Å². The largest absolute Gasteiger partial charge is 0.234 e. The van der Waals surface area contributed by atoms with Gasteiger partial charge in [-0.25, -0.2) is 9.78 Å². The highest BCUT2D eigenvalue weighted by molar-refractivity contribution is 4.84. The maximum atomic E-state index is 6.04. The summed E-state index contributed by atoms with van der Waals surface area (Å²) in [5.74, 6) is -0.802. The fraction of sp³-hybridized carbons (Fsp3) is 1.00. The molecule has 0 aromatic rings. The Morgan fingerprint density at radius 3 is 1.38 bits per heavy atom. The topological polar surface area (TPSA) is 36.9 Å². The molecule has 0 aromatic heterocycles. The van der Waals surface area contributed by atoms with Crippen molar-refractivity contribution in [2.24, 2.45) is 5.41 Å². The van der Waals surface area contributed by atoms with E-state index in [9.17, 15) is 0 Å². The number of rotatable bonds is 12. The van der Waals surface area contributed by atoms with Crippen molar-refractivity contribution in [2.75, 3.05) is 0 Å². The van der Waals surface area contributed by atoms with Gasteiger partial charge in [0.2, 0.25) is 5.79 Å². The monoisotopic (exact) mass is 372 g/mol. The minimum absolute atomic E-state index is 0.282. The maximum absolute atomic E-state index is 6.04. The molecule has 1 rings (SSSR count). The first-order valence-electron chi connectivity index (χ1n) is 10.8. The molecule has 4 nitrogen and oxygen atoms in total. The molecule has 4 heteroatoms. The Balaban J connectivity index is 2.83. The lowest BCUT2D eigenvalue weighted by molar-refractivity contribution is -0.552. The van der Waals surface area contributed by atoms with Crippen molar-refractivity contribution >= 4 is 0 Å². The summed E-state index contributed by atoms with van der Waals surface area (Å²) in [6.07, 6.45) is 9.53. The Hall–Kier alpha value is -0.160. The molecule has 1 saturated carbocycles. The molecule has 2 atom stereocenters. The average Bonchev–Trinajstić information content (AvgIpc) is 2.61. The van der Waals surface area contributed by atoms with Crippen LogP contribution in [0.25, 0.3) is 0 Å². The minimum atomic E-state index is -0.802. The zero-order chi connectivity index (χ0) is 19.9. The van der Waals surface area contributed by atoms with Gasteiger partial charge in [-0.2, -0.15) is 9.78 Å². The Labute approximate surface area is 162 Å². The van der Waals surface area contributed by atoms with Crippen LogP contribution < -0.4 is 0 Å².